The van der Waals surface area contributed by atoms with E-state index in [1.54, 1.807) is 6.33 Å². The van der Waals surface area contributed by atoms with Crippen LogP contribution in [0.4, 0.5) is 11.4 Å². The molecular formula is C14H19N5. The summed E-state index contributed by atoms with van der Waals surface area (Å²) < 4.78 is 1.98. The van der Waals surface area contributed by atoms with Crippen LogP contribution in [0.15, 0.2) is 24.5 Å². The predicted octanol–water partition coefficient (Wildman–Crippen LogP) is 1.83. The van der Waals surface area contributed by atoms with Crippen molar-refractivity contribution in [3.63, 3.8) is 0 Å². The molecule has 0 aliphatic carbocycles. The molecule has 0 spiro atoms. The van der Waals surface area contributed by atoms with E-state index < -0.39 is 0 Å². The highest BCUT2D eigenvalue weighted by Crippen LogP contribution is 2.34. The van der Waals surface area contributed by atoms with Gasteiger partial charge in [0.1, 0.15) is 12.2 Å². The summed E-state index contributed by atoms with van der Waals surface area (Å²) in [4.78, 5) is 6.68. The molecule has 3 rings (SSSR count). The Kier molecular flexibility index (Phi) is 3.11. The van der Waals surface area contributed by atoms with Crippen LogP contribution >= 0.6 is 0 Å². The Morgan fingerprint density at radius 2 is 2.26 bits per heavy atom. The van der Waals surface area contributed by atoms with Crippen molar-refractivity contribution in [2.75, 3.05) is 17.2 Å². The maximum atomic E-state index is 6.10. The smallest absolute Gasteiger partial charge is 0.146 e. The average Bonchev–Trinajstić information content (AvgIpc) is 3.00. The second-order valence-electron chi connectivity index (χ2n) is 4.93. The van der Waals surface area contributed by atoms with E-state index in [0.29, 0.717) is 0 Å². The van der Waals surface area contributed by atoms with Crippen LogP contribution in [-0.2, 0) is 19.5 Å². The minimum atomic E-state index is 0.779. The van der Waals surface area contributed by atoms with E-state index in [1.165, 1.54) is 11.3 Å². The lowest BCUT2D eigenvalue weighted by atomic mass is 10.1. The fourth-order valence-electron chi connectivity index (χ4n) is 2.70. The number of fused-ring (bicyclic) bond motifs is 1. The van der Waals surface area contributed by atoms with Gasteiger partial charge in [-0.15, -0.1) is 0 Å². The zero-order valence-corrected chi connectivity index (χ0v) is 11.2. The second kappa shape index (κ2) is 4.91. The molecule has 0 amide bonds. The third kappa shape index (κ3) is 2.16. The van der Waals surface area contributed by atoms with Gasteiger partial charge < -0.3 is 10.6 Å². The van der Waals surface area contributed by atoms with E-state index in [9.17, 15) is 0 Å². The summed E-state index contributed by atoms with van der Waals surface area (Å²) in [5.74, 6) is 1.01. The summed E-state index contributed by atoms with van der Waals surface area (Å²) in [6, 6.07) is 6.15. The van der Waals surface area contributed by atoms with Crippen molar-refractivity contribution < 1.29 is 0 Å². The van der Waals surface area contributed by atoms with Gasteiger partial charge in [0.25, 0.3) is 0 Å². The van der Waals surface area contributed by atoms with Crippen molar-refractivity contribution in [2.45, 2.75) is 32.9 Å². The van der Waals surface area contributed by atoms with Crippen LogP contribution in [0.3, 0.4) is 0 Å². The van der Waals surface area contributed by atoms with Crippen LogP contribution in [0.2, 0.25) is 0 Å². The van der Waals surface area contributed by atoms with E-state index in [0.717, 1.165) is 44.0 Å². The topological polar surface area (TPSA) is 60.0 Å². The maximum absolute atomic E-state index is 6.10. The molecule has 0 unspecified atom stereocenters. The van der Waals surface area contributed by atoms with Crippen LogP contribution in [-0.4, -0.2) is 21.3 Å². The molecule has 0 saturated heterocycles. The summed E-state index contributed by atoms with van der Waals surface area (Å²) in [5.41, 5.74) is 9.47. The van der Waals surface area contributed by atoms with Crippen molar-refractivity contribution in [1.82, 2.24) is 14.8 Å². The summed E-state index contributed by atoms with van der Waals surface area (Å²) in [7, 11) is 0. The molecule has 1 aromatic carbocycles. The van der Waals surface area contributed by atoms with Gasteiger partial charge in [-0.1, -0.05) is 19.1 Å². The lowest BCUT2D eigenvalue weighted by Gasteiger charge is -2.20. The standard InChI is InChI=1S/C14H19N5/c1-2-7-19-13(16-10-17-19)9-18-8-6-11-4-3-5-12(15)14(11)18/h3-5,10H,2,6-9,15H2,1H3. The van der Waals surface area contributed by atoms with Crippen molar-refractivity contribution in [3.8, 4) is 0 Å². The molecule has 19 heavy (non-hydrogen) atoms. The Morgan fingerprint density at radius 3 is 3.11 bits per heavy atom. The largest absolute Gasteiger partial charge is 0.397 e. The number of benzene rings is 1. The molecule has 2 N–H and O–H groups in total. The molecule has 0 atom stereocenters. The summed E-state index contributed by atoms with van der Waals surface area (Å²) in [5, 5.41) is 4.27. The average molecular weight is 257 g/mol. The van der Waals surface area contributed by atoms with Gasteiger partial charge in [0.15, 0.2) is 0 Å². The van der Waals surface area contributed by atoms with Gasteiger partial charge in [-0.05, 0) is 24.5 Å². The van der Waals surface area contributed by atoms with E-state index in [1.807, 2.05) is 16.8 Å². The number of nitrogen functional groups attached to an aromatic ring is 1. The van der Waals surface area contributed by atoms with E-state index >= 15 is 0 Å². The van der Waals surface area contributed by atoms with E-state index in [2.05, 4.69) is 28.0 Å². The number of rotatable bonds is 4. The van der Waals surface area contributed by atoms with E-state index in [4.69, 9.17) is 5.73 Å². The molecule has 0 fully saturated rings. The minimum Gasteiger partial charge on any atom is -0.397 e. The number of para-hydroxylation sites is 1. The highest BCUT2D eigenvalue weighted by atomic mass is 15.3. The van der Waals surface area contributed by atoms with Gasteiger partial charge in [-0.2, -0.15) is 5.10 Å². The van der Waals surface area contributed by atoms with Gasteiger partial charge in [-0.25, -0.2) is 9.67 Å². The quantitative estimate of drug-likeness (QED) is 0.849. The van der Waals surface area contributed by atoms with Crippen LogP contribution in [0.1, 0.15) is 24.7 Å². The summed E-state index contributed by atoms with van der Waals surface area (Å²) >= 11 is 0. The number of hydrogen-bond donors (Lipinski definition) is 1. The molecule has 0 radical (unpaired) electrons. The normalized spacial score (nSPS) is 13.8. The zero-order chi connectivity index (χ0) is 13.2. The van der Waals surface area contributed by atoms with Crippen LogP contribution in [0, 0.1) is 0 Å². The number of aromatic nitrogens is 3. The number of hydrogen-bond acceptors (Lipinski definition) is 4. The molecule has 2 aromatic rings. The monoisotopic (exact) mass is 257 g/mol. The molecule has 2 heterocycles. The molecular weight excluding hydrogens is 238 g/mol. The molecule has 1 aliphatic rings. The summed E-state index contributed by atoms with van der Waals surface area (Å²) in [6.07, 6.45) is 3.76. The third-order valence-corrected chi connectivity index (χ3v) is 3.58. The van der Waals surface area contributed by atoms with Crippen LogP contribution in [0.25, 0.3) is 0 Å². The highest BCUT2D eigenvalue weighted by molar-refractivity contribution is 5.74. The Balaban J connectivity index is 1.85. The lowest BCUT2D eigenvalue weighted by Crippen LogP contribution is -2.23. The maximum Gasteiger partial charge on any atom is 0.146 e. The minimum absolute atomic E-state index is 0.779. The Labute approximate surface area is 113 Å². The van der Waals surface area contributed by atoms with Crippen LogP contribution < -0.4 is 10.6 Å². The first-order chi connectivity index (χ1) is 9.29. The number of aryl methyl sites for hydroxylation is 1. The van der Waals surface area contributed by atoms with Crippen molar-refractivity contribution >= 4 is 11.4 Å². The zero-order valence-electron chi connectivity index (χ0n) is 11.2. The van der Waals surface area contributed by atoms with Gasteiger partial charge in [-0.3, -0.25) is 0 Å². The molecule has 100 valence electrons. The number of anilines is 2. The molecule has 1 aromatic heterocycles. The third-order valence-electron chi connectivity index (χ3n) is 3.58. The molecule has 0 bridgehead atoms. The molecule has 5 heteroatoms. The highest BCUT2D eigenvalue weighted by Gasteiger charge is 2.22. The number of nitrogens with two attached hydrogens (primary N) is 1. The molecule has 1 aliphatic heterocycles. The van der Waals surface area contributed by atoms with Gasteiger partial charge >= 0.3 is 0 Å². The van der Waals surface area contributed by atoms with Crippen LogP contribution in [0.5, 0.6) is 0 Å². The van der Waals surface area contributed by atoms with Gasteiger partial charge in [0.05, 0.1) is 17.9 Å². The SMILES string of the molecule is CCCn1ncnc1CN1CCc2cccc(N)c21. The van der Waals surface area contributed by atoms with E-state index in [-0.39, 0.29) is 0 Å². The fraction of sp³-hybridized carbons (Fsp3) is 0.429. The Hall–Kier alpha value is -2.04. The number of nitrogens with zero attached hydrogens (tertiary/aromatic N) is 4. The Bertz CT molecular complexity index is 575. The van der Waals surface area contributed by atoms with Gasteiger partial charge in [0, 0.05) is 13.1 Å². The van der Waals surface area contributed by atoms with Crippen molar-refractivity contribution in [3.05, 3.63) is 35.9 Å². The van der Waals surface area contributed by atoms with Crippen molar-refractivity contribution in [1.29, 1.82) is 0 Å². The first-order valence-electron chi connectivity index (χ1n) is 6.78. The predicted molar refractivity (Wildman–Crippen MR) is 75.9 cm³/mol. The summed E-state index contributed by atoms with van der Waals surface area (Å²) in [6.45, 7) is 4.85. The molecule has 0 saturated carbocycles. The second-order valence-corrected chi connectivity index (χ2v) is 4.93. The first-order valence-corrected chi connectivity index (χ1v) is 6.78. The van der Waals surface area contributed by atoms with Gasteiger partial charge in [0.2, 0.25) is 0 Å². The van der Waals surface area contributed by atoms with Crippen molar-refractivity contribution in [2.24, 2.45) is 0 Å². The first kappa shape index (κ1) is 12.0. The Morgan fingerprint density at radius 1 is 1.37 bits per heavy atom. The fourth-order valence-corrected chi connectivity index (χ4v) is 2.70. The molecule has 5 nitrogen and oxygen atoms in total. The lowest BCUT2D eigenvalue weighted by molar-refractivity contribution is 0.563.